The SMILES string of the molecule is CC1CCC2(C)C3=C(CCCC3)CCN2C1.Cl. The van der Waals surface area contributed by atoms with Crippen LogP contribution in [0.3, 0.4) is 0 Å². The van der Waals surface area contributed by atoms with Gasteiger partial charge in [-0.15, -0.1) is 12.4 Å². The van der Waals surface area contributed by atoms with Crippen molar-refractivity contribution in [3.05, 3.63) is 11.1 Å². The highest BCUT2D eigenvalue weighted by atomic mass is 35.5. The van der Waals surface area contributed by atoms with Crippen LogP contribution in [0, 0.1) is 5.92 Å². The average molecular weight is 256 g/mol. The van der Waals surface area contributed by atoms with E-state index in [1.807, 2.05) is 11.1 Å². The summed E-state index contributed by atoms with van der Waals surface area (Å²) in [5, 5.41) is 0. The Kier molecular flexibility index (Phi) is 3.89. The van der Waals surface area contributed by atoms with Gasteiger partial charge in [-0.25, -0.2) is 0 Å². The van der Waals surface area contributed by atoms with Gasteiger partial charge in [0.1, 0.15) is 0 Å². The van der Waals surface area contributed by atoms with Gasteiger partial charge in [-0.05, 0) is 57.8 Å². The minimum atomic E-state index is 0. The quantitative estimate of drug-likeness (QED) is 0.587. The molecule has 2 unspecified atom stereocenters. The molecule has 0 amide bonds. The van der Waals surface area contributed by atoms with Crippen molar-refractivity contribution in [2.24, 2.45) is 5.92 Å². The molecule has 0 N–H and O–H groups in total. The molecule has 0 saturated carbocycles. The second kappa shape index (κ2) is 4.93. The molecule has 3 rings (SSSR count). The molecular weight excluding hydrogens is 230 g/mol. The van der Waals surface area contributed by atoms with E-state index in [9.17, 15) is 0 Å². The second-order valence-corrected chi connectivity index (χ2v) is 6.40. The smallest absolute Gasteiger partial charge is 0.0395 e. The Labute approximate surface area is 112 Å². The predicted octanol–water partition coefficient (Wildman–Crippen LogP) is 4.17. The molecule has 1 aliphatic carbocycles. The van der Waals surface area contributed by atoms with Gasteiger partial charge in [0.25, 0.3) is 0 Å². The van der Waals surface area contributed by atoms with Crippen LogP contribution in [0.25, 0.3) is 0 Å². The molecule has 1 saturated heterocycles. The summed E-state index contributed by atoms with van der Waals surface area (Å²) in [5.74, 6) is 0.916. The minimum Gasteiger partial charge on any atom is -0.294 e. The Morgan fingerprint density at radius 1 is 1.18 bits per heavy atom. The molecule has 2 atom stereocenters. The van der Waals surface area contributed by atoms with Crippen molar-refractivity contribution in [3.8, 4) is 0 Å². The van der Waals surface area contributed by atoms with Gasteiger partial charge < -0.3 is 0 Å². The lowest BCUT2D eigenvalue weighted by Gasteiger charge is -2.53. The number of piperidine rings is 1. The predicted molar refractivity (Wildman–Crippen MR) is 75.7 cm³/mol. The van der Waals surface area contributed by atoms with E-state index in [2.05, 4.69) is 18.7 Å². The molecule has 1 nitrogen and oxygen atoms in total. The summed E-state index contributed by atoms with van der Waals surface area (Å²) < 4.78 is 0. The van der Waals surface area contributed by atoms with Crippen molar-refractivity contribution in [2.75, 3.05) is 13.1 Å². The van der Waals surface area contributed by atoms with Gasteiger partial charge in [0, 0.05) is 18.6 Å². The zero-order chi connectivity index (χ0) is 11.2. The fourth-order valence-electron chi connectivity index (χ4n) is 4.20. The third-order valence-electron chi connectivity index (χ3n) is 5.27. The maximum absolute atomic E-state index is 2.80. The summed E-state index contributed by atoms with van der Waals surface area (Å²) in [6.45, 7) is 7.62. The van der Waals surface area contributed by atoms with E-state index in [0.717, 1.165) is 5.92 Å². The first-order chi connectivity index (χ1) is 7.70. The van der Waals surface area contributed by atoms with Gasteiger partial charge >= 0.3 is 0 Å². The molecule has 98 valence electrons. The van der Waals surface area contributed by atoms with Crippen molar-refractivity contribution in [1.29, 1.82) is 0 Å². The van der Waals surface area contributed by atoms with E-state index in [4.69, 9.17) is 0 Å². The summed E-state index contributed by atoms with van der Waals surface area (Å²) in [6, 6.07) is 0. The molecule has 17 heavy (non-hydrogen) atoms. The number of hydrogen-bond donors (Lipinski definition) is 0. The summed E-state index contributed by atoms with van der Waals surface area (Å²) >= 11 is 0. The molecule has 0 aromatic carbocycles. The van der Waals surface area contributed by atoms with E-state index in [1.54, 1.807) is 0 Å². The Balaban J connectivity index is 0.00000108. The number of nitrogens with zero attached hydrogens (tertiary/aromatic N) is 1. The fraction of sp³-hybridized carbons (Fsp3) is 0.867. The molecule has 1 fully saturated rings. The zero-order valence-electron chi connectivity index (χ0n) is 11.3. The van der Waals surface area contributed by atoms with Gasteiger partial charge in [-0.2, -0.15) is 0 Å². The molecule has 0 aromatic heterocycles. The van der Waals surface area contributed by atoms with Crippen molar-refractivity contribution in [2.45, 2.75) is 64.3 Å². The lowest BCUT2D eigenvalue weighted by Crippen LogP contribution is -2.56. The van der Waals surface area contributed by atoms with Gasteiger partial charge in [0.15, 0.2) is 0 Å². The van der Waals surface area contributed by atoms with Crippen LogP contribution < -0.4 is 0 Å². The first-order valence-corrected chi connectivity index (χ1v) is 7.16. The number of rotatable bonds is 0. The highest BCUT2D eigenvalue weighted by Gasteiger charge is 2.43. The van der Waals surface area contributed by atoms with E-state index in [1.165, 1.54) is 58.0 Å². The largest absolute Gasteiger partial charge is 0.294 e. The molecule has 3 aliphatic rings. The lowest BCUT2D eigenvalue weighted by molar-refractivity contribution is 0.0489. The fourth-order valence-corrected chi connectivity index (χ4v) is 4.20. The Morgan fingerprint density at radius 2 is 1.94 bits per heavy atom. The molecule has 0 radical (unpaired) electrons. The van der Waals surface area contributed by atoms with Crippen LogP contribution >= 0.6 is 12.4 Å². The van der Waals surface area contributed by atoms with E-state index >= 15 is 0 Å². The average Bonchev–Trinajstić information content (AvgIpc) is 2.31. The molecule has 2 aliphatic heterocycles. The Morgan fingerprint density at radius 3 is 2.76 bits per heavy atom. The topological polar surface area (TPSA) is 3.24 Å². The van der Waals surface area contributed by atoms with Gasteiger partial charge in [-0.3, -0.25) is 4.90 Å². The summed E-state index contributed by atoms with van der Waals surface area (Å²) in [6.07, 6.45) is 9.92. The molecule has 0 spiro atoms. The van der Waals surface area contributed by atoms with Crippen LogP contribution in [0.1, 0.15) is 58.8 Å². The normalized spacial score (nSPS) is 38.1. The highest BCUT2D eigenvalue weighted by Crippen LogP contribution is 2.46. The Bertz CT molecular complexity index is 323. The van der Waals surface area contributed by atoms with E-state index < -0.39 is 0 Å². The van der Waals surface area contributed by atoms with E-state index in [-0.39, 0.29) is 12.4 Å². The minimum absolute atomic E-state index is 0. The van der Waals surface area contributed by atoms with E-state index in [0.29, 0.717) is 5.54 Å². The second-order valence-electron chi connectivity index (χ2n) is 6.40. The van der Waals surface area contributed by atoms with Crippen molar-refractivity contribution >= 4 is 12.4 Å². The monoisotopic (exact) mass is 255 g/mol. The van der Waals surface area contributed by atoms with Crippen molar-refractivity contribution in [3.63, 3.8) is 0 Å². The standard InChI is InChI=1S/C15H25N.ClH/c1-12-7-9-15(2)14-6-4-3-5-13(14)8-10-16(15)11-12;/h12H,3-11H2,1-2H3;1H. The van der Waals surface area contributed by atoms with Crippen LogP contribution in [-0.4, -0.2) is 23.5 Å². The molecule has 2 heteroatoms. The Hall–Kier alpha value is -0.0100. The van der Waals surface area contributed by atoms with Gasteiger partial charge in [0.05, 0.1) is 0 Å². The maximum atomic E-state index is 2.80. The van der Waals surface area contributed by atoms with Gasteiger partial charge in [-0.1, -0.05) is 18.1 Å². The van der Waals surface area contributed by atoms with Crippen LogP contribution in [0.5, 0.6) is 0 Å². The van der Waals surface area contributed by atoms with Gasteiger partial charge in [0.2, 0.25) is 0 Å². The molecular formula is C15H26ClN. The summed E-state index contributed by atoms with van der Waals surface area (Å²) in [4.78, 5) is 2.80. The highest BCUT2D eigenvalue weighted by molar-refractivity contribution is 5.85. The van der Waals surface area contributed by atoms with Crippen molar-refractivity contribution < 1.29 is 0 Å². The van der Waals surface area contributed by atoms with Crippen LogP contribution in [0.15, 0.2) is 11.1 Å². The molecule has 0 bridgehead atoms. The maximum Gasteiger partial charge on any atom is 0.0395 e. The van der Waals surface area contributed by atoms with Crippen LogP contribution in [0.4, 0.5) is 0 Å². The number of fused-ring (bicyclic) bond motifs is 2. The lowest BCUT2D eigenvalue weighted by atomic mass is 9.70. The first-order valence-electron chi connectivity index (χ1n) is 7.16. The third kappa shape index (κ3) is 2.17. The summed E-state index contributed by atoms with van der Waals surface area (Å²) in [5.41, 5.74) is 4.16. The van der Waals surface area contributed by atoms with Crippen LogP contribution in [-0.2, 0) is 0 Å². The summed E-state index contributed by atoms with van der Waals surface area (Å²) in [7, 11) is 0. The number of hydrogen-bond acceptors (Lipinski definition) is 1. The van der Waals surface area contributed by atoms with Crippen LogP contribution in [0.2, 0.25) is 0 Å². The van der Waals surface area contributed by atoms with Crippen molar-refractivity contribution in [1.82, 2.24) is 4.90 Å². The molecule has 0 aromatic rings. The first kappa shape index (κ1) is 13.4. The molecule has 2 heterocycles. The zero-order valence-corrected chi connectivity index (χ0v) is 12.1. The number of halogens is 1. The third-order valence-corrected chi connectivity index (χ3v) is 5.27.